The molecule has 1 aromatic rings. The average molecular weight is 258 g/mol. The Morgan fingerprint density at radius 1 is 1.18 bits per heavy atom. The number of fused-ring (bicyclic) bond motifs is 2. The Morgan fingerprint density at radius 2 is 1.82 bits per heavy atom. The normalized spacial score (nSPS) is 34.7. The molecule has 1 aromatic carbocycles. The minimum absolute atomic E-state index is 0. The summed E-state index contributed by atoms with van der Waals surface area (Å²) < 4.78 is 12.9. The van der Waals surface area contributed by atoms with Gasteiger partial charge in [-0.05, 0) is 30.5 Å². The number of rotatable bonds is 2. The number of hydrogen-bond donors (Lipinski definition) is 2. The van der Waals surface area contributed by atoms with Crippen molar-refractivity contribution in [2.75, 3.05) is 19.7 Å². The molecule has 2 N–H and O–H groups in total. The van der Waals surface area contributed by atoms with Crippen LogP contribution in [0.4, 0.5) is 4.39 Å². The molecule has 17 heavy (non-hydrogen) atoms. The van der Waals surface area contributed by atoms with Gasteiger partial charge in [0.05, 0.1) is 0 Å². The van der Waals surface area contributed by atoms with Crippen molar-refractivity contribution in [3.63, 3.8) is 0 Å². The van der Waals surface area contributed by atoms with Crippen LogP contribution >= 0.6 is 12.4 Å². The summed E-state index contributed by atoms with van der Waals surface area (Å²) in [6, 6.07) is 6.81. The van der Waals surface area contributed by atoms with Gasteiger partial charge in [0.2, 0.25) is 0 Å². The predicted molar refractivity (Wildman–Crippen MR) is 66.9 cm³/mol. The molecule has 0 aromatic heterocycles. The molecule has 0 amide bonds. The van der Waals surface area contributed by atoms with E-state index >= 15 is 0 Å². The molecule has 4 rings (SSSR count). The topological polar surface area (TPSA) is 32.3 Å². The van der Waals surface area contributed by atoms with E-state index in [-0.39, 0.29) is 35.7 Å². The van der Waals surface area contributed by atoms with Crippen molar-refractivity contribution in [1.29, 1.82) is 0 Å². The SMILES string of the molecule is Cl.OCC12CNCC(c3ccc(F)cc3)(C1)C2. The number of aliphatic hydroxyl groups excluding tert-OH is 1. The first-order valence-corrected chi connectivity index (χ1v) is 5.76. The summed E-state index contributed by atoms with van der Waals surface area (Å²) in [7, 11) is 0. The van der Waals surface area contributed by atoms with Crippen LogP contribution in [0, 0.1) is 11.2 Å². The van der Waals surface area contributed by atoms with Crippen LogP contribution < -0.4 is 5.32 Å². The first-order chi connectivity index (χ1) is 7.68. The molecule has 2 heterocycles. The van der Waals surface area contributed by atoms with Crippen molar-refractivity contribution >= 4 is 12.4 Å². The summed E-state index contributed by atoms with van der Waals surface area (Å²) >= 11 is 0. The molecule has 0 unspecified atom stereocenters. The maximum absolute atomic E-state index is 12.9. The van der Waals surface area contributed by atoms with E-state index in [2.05, 4.69) is 5.32 Å². The van der Waals surface area contributed by atoms with E-state index in [1.807, 2.05) is 12.1 Å². The fourth-order valence-electron chi connectivity index (χ4n) is 3.48. The van der Waals surface area contributed by atoms with Crippen LogP contribution in [0.2, 0.25) is 0 Å². The molecule has 2 bridgehead atoms. The third-order valence-corrected chi connectivity index (χ3v) is 4.18. The largest absolute Gasteiger partial charge is 0.396 e. The third kappa shape index (κ3) is 1.86. The zero-order valence-corrected chi connectivity index (χ0v) is 10.4. The number of hydrogen-bond acceptors (Lipinski definition) is 2. The maximum atomic E-state index is 12.9. The van der Waals surface area contributed by atoms with Crippen LogP contribution in [0.25, 0.3) is 0 Å². The summed E-state index contributed by atoms with van der Waals surface area (Å²) in [5, 5.41) is 12.8. The predicted octanol–water partition coefficient (Wildman–Crippen LogP) is 1.86. The van der Waals surface area contributed by atoms with Crippen molar-refractivity contribution in [3.05, 3.63) is 35.6 Å². The van der Waals surface area contributed by atoms with Gasteiger partial charge >= 0.3 is 0 Å². The Bertz CT molecular complexity index is 400. The van der Waals surface area contributed by atoms with Crippen molar-refractivity contribution in [2.45, 2.75) is 18.3 Å². The Kier molecular flexibility index (Phi) is 3.19. The number of halogens is 2. The second-order valence-corrected chi connectivity index (χ2v) is 5.40. The van der Waals surface area contributed by atoms with Crippen molar-refractivity contribution in [1.82, 2.24) is 5.32 Å². The highest BCUT2D eigenvalue weighted by Gasteiger charge is 2.57. The first kappa shape index (κ1) is 12.8. The van der Waals surface area contributed by atoms with E-state index in [4.69, 9.17) is 0 Å². The second kappa shape index (κ2) is 4.23. The van der Waals surface area contributed by atoms with E-state index < -0.39 is 0 Å². The quantitative estimate of drug-likeness (QED) is 0.848. The summed E-state index contributed by atoms with van der Waals surface area (Å²) in [4.78, 5) is 0. The van der Waals surface area contributed by atoms with Gasteiger partial charge < -0.3 is 10.4 Å². The molecule has 0 radical (unpaired) electrons. The highest BCUT2D eigenvalue weighted by Crippen LogP contribution is 2.57. The second-order valence-electron chi connectivity index (χ2n) is 5.40. The third-order valence-electron chi connectivity index (χ3n) is 4.18. The van der Waals surface area contributed by atoms with Gasteiger partial charge in [-0.1, -0.05) is 12.1 Å². The van der Waals surface area contributed by atoms with E-state index in [9.17, 15) is 9.50 Å². The van der Waals surface area contributed by atoms with E-state index in [1.165, 1.54) is 17.7 Å². The molecule has 2 saturated heterocycles. The van der Waals surface area contributed by atoms with E-state index in [1.54, 1.807) is 0 Å². The molecule has 0 spiro atoms. The number of nitrogens with one attached hydrogen (secondary N) is 1. The molecular formula is C13H17ClFNO. The summed E-state index contributed by atoms with van der Waals surface area (Å²) in [5.74, 6) is -0.184. The van der Waals surface area contributed by atoms with Crippen LogP contribution in [0.15, 0.2) is 24.3 Å². The zero-order chi connectivity index (χ0) is 11.2. The monoisotopic (exact) mass is 257 g/mol. The van der Waals surface area contributed by atoms with E-state index in [0.29, 0.717) is 0 Å². The lowest BCUT2D eigenvalue weighted by atomic mass is 9.48. The average Bonchev–Trinajstić information content (AvgIpc) is 2.29. The molecule has 0 atom stereocenters. The van der Waals surface area contributed by atoms with Gasteiger partial charge in [0, 0.05) is 30.5 Å². The maximum Gasteiger partial charge on any atom is 0.123 e. The summed E-state index contributed by atoms with van der Waals surface area (Å²) in [5.41, 5.74) is 1.41. The molecule has 2 nitrogen and oxygen atoms in total. The summed E-state index contributed by atoms with van der Waals surface area (Å²) in [6.45, 7) is 2.11. The number of aliphatic hydroxyl groups is 1. The van der Waals surface area contributed by atoms with Crippen LogP contribution in [0.1, 0.15) is 18.4 Å². The van der Waals surface area contributed by atoms with Gasteiger partial charge in [0.25, 0.3) is 0 Å². The molecule has 1 aliphatic carbocycles. The number of piperidine rings is 2. The zero-order valence-electron chi connectivity index (χ0n) is 9.58. The molecule has 1 saturated carbocycles. The number of benzene rings is 1. The fraction of sp³-hybridized carbons (Fsp3) is 0.538. The van der Waals surface area contributed by atoms with Gasteiger partial charge in [-0.25, -0.2) is 4.39 Å². The Labute approximate surface area is 107 Å². The molecular weight excluding hydrogens is 241 g/mol. The van der Waals surface area contributed by atoms with Crippen LogP contribution in [-0.2, 0) is 5.41 Å². The highest BCUT2D eigenvalue weighted by atomic mass is 35.5. The van der Waals surface area contributed by atoms with Gasteiger partial charge in [-0.15, -0.1) is 12.4 Å². The van der Waals surface area contributed by atoms with Crippen molar-refractivity contribution in [3.8, 4) is 0 Å². The van der Waals surface area contributed by atoms with Crippen molar-refractivity contribution in [2.24, 2.45) is 5.41 Å². The lowest BCUT2D eigenvalue weighted by molar-refractivity contribution is -0.0582. The van der Waals surface area contributed by atoms with Gasteiger partial charge in [0.1, 0.15) is 5.82 Å². The Balaban J connectivity index is 0.00000108. The smallest absolute Gasteiger partial charge is 0.123 e. The minimum Gasteiger partial charge on any atom is -0.396 e. The Morgan fingerprint density at radius 3 is 2.41 bits per heavy atom. The molecule has 4 heteroatoms. The van der Waals surface area contributed by atoms with E-state index in [0.717, 1.165) is 25.9 Å². The van der Waals surface area contributed by atoms with Gasteiger partial charge in [-0.2, -0.15) is 0 Å². The molecule has 94 valence electrons. The first-order valence-electron chi connectivity index (χ1n) is 5.76. The molecule has 2 aliphatic heterocycles. The van der Waals surface area contributed by atoms with Gasteiger partial charge in [0.15, 0.2) is 0 Å². The standard InChI is InChI=1S/C13H16FNO.ClH/c14-11-3-1-10(2-4-11)13-5-12(6-13,9-16)7-15-8-13;/h1-4,15-16H,5-9H2;1H. The highest BCUT2D eigenvalue weighted by molar-refractivity contribution is 5.85. The van der Waals surface area contributed by atoms with Crippen molar-refractivity contribution < 1.29 is 9.50 Å². The molecule has 3 fully saturated rings. The Hall–Kier alpha value is -0.640. The van der Waals surface area contributed by atoms with Gasteiger partial charge in [-0.3, -0.25) is 0 Å². The lowest BCUT2D eigenvalue weighted by Gasteiger charge is -2.60. The minimum atomic E-state index is -0.184. The van der Waals surface area contributed by atoms with Crippen LogP contribution in [-0.4, -0.2) is 24.8 Å². The fourth-order valence-corrected chi connectivity index (χ4v) is 3.48. The lowest BCUT2D eigenvalue weighted by Crippen LogP contribution is -2.65. The molecule has 3 aliphatic rings. The van der Waals surface area contributed by atoms with Crippen LogP contribution in [0.5, 0.6) is 0 Å². The summed E-state index contributed by atoms with van der Waals surface area (Å²) in [6.07, 6.45) is 2.05. The van der Waals surface area contributed by atoms with Crippen LogP contribution in [0.3, 0.4) is 0 Å².